The third-order valence-electron chi connectivity index (χ3n) is 2.98. The van der Waals surface area contributed by atoms with Crippen LogP contribution in [0.25, 0.3) is 0 Å². The molecule has 3 heteroatoms. The van der Waals surface area contributed by atoms with Crippen LogP contribution in [0.1, 0.15) is 50.3 Å². The van der Waals surface area contributed by atoms with E-state index in [9.17, 15) is 8.78 Å². The van der Waals surface area contributed by atoms with E-state index in [1.807, 2.05) is 6.92 Å². The van der Waals surface area contributed by atoms with Gasteiger partial charge in [-0.1, -0.05) is 19.8 Å². The van der Waals surface area contributed by atoms with Crippen LogP contribution in [0, 0.1) is 18.6 Å². The highest BCUT2D eigenvalue weighted by atomic mass is 19.1. The molecule has 1 aromatic rings. The molecule has 0 aliphatic heterocycles. The third-order valence-corrected chi connectivity index (χ3v) is 2.98. The molecule has 1 rings (SSSR count). The second-order valence-electron chi connectivity index (χ2n) is 4.51. The van der Waals surface area contributed by atoms with Crippen LogP contribution in [-0.4, -0.2) is 6.54 Å². The molecule has 0 saturated carbocycles. The third kappa shape index (κ3) is 4.08. The lowest BCUT2D eigenvalue weighted by Gasteiger charge is -2.15. The van der Waals surface area contributed by atoms with Gasteiger partial charge in [-0.2, -0.15) is 0 Å². The zero-order valence-corrected chi connectivity index (χ0v) is 10.8. The van der Waals surface area contributed by atoms with Crippen LogP contribution in [0.2, 0.25) is 0 Å². The topological polar surface area (TPSA) is 12.0 Å². The lowest BCUT2D eigenvalue weighted by molar-refractivity contribution is 0.505. The second-order valence-corrected chi connectivity index (χ2v) is 4.51. The van der Waals surface area contributed by atoms with Crippen molar-refractivity contribution in [3.8, 4) is 0 Å². The Hall–Kier alpha value is -0.960. The molecule has 0 heterocycles. The molecule has 0 radical (unpaired) electrons. The average Bonchev–Trinajstić information content (AvgIpc) is 2.29. The van der Waals surface area contributed by atoms with Gasteiger partial charge in [-0.3, -0.25) is 0 Å². The summed E-state index contributed by atoms with van der Waals surface area (Å²) in [4.78, 5) is 0. The average molecular weight is 241 g/mol. The first-order chi connectivity index (χ1) is 8.06. The summed E-state index contributed by atoms with van der Waals surface area (Å²) in [5.74, 6) is -0.678. The Morgan fingerprint density at radius 2 is 1.88 bits per heavy atom. The summed E-state index contributed by atoms with van der Waals surface area (Å²) in [6, 6.07) is 2.40. The standard InChI is InChI=1S/C14H21F2N/c1-4-5-6-7-17-11(3)12-9-13(15)10(2)8-14(12)16/h8-9,11,17H,4-7H2,1-3H3. The van der Waals surface area contributed by atoms with E-state index in [4.69, 9.17) is 0 Å². The van der Waals surface area contributed by atoms with Crippen molar-refractivity contribution in [3.05, 3.63) is 34.9 Å². The number of hydrogen-bond donors (Lipinski definition) is 1. The van der Waals surface area contributed by atoms with Gasteiger partial charge in [0.1, 0.15) is 11.6 Å². The van der Waals surface area contributed by atoms with Crippen molar-refractivity contribution in [2.45, 2.75) is 46.1 Å². The molecule has 96 valence electrons. The van der Waals surface area contributed by atoms with Crippen molar-refractivity contribution >= 4 is 0 Å². The van der Waals surface area contributed by atoms with Gasteiger partial charge in [0, 0.05) is 11.6 Å². The van der Waals surface area contributed by atoms with Crippen LogP contribution < -0.4 is 5.32 Å². The number of benzene rings is 1. The number of nitrogens with one attached hydrogen (secondary N) is 1. The fraction of sp³-hybridized carbons (Fsp3) is 0.571. The Kier molecular flexibility index (Phi) is 5.56. The highest BCUT2D eigenvalue weighted by Crippen LogP contribution is 2.20. The lowest BCUT2D eigenvalue weighted by atomic mass is 10.0. The fourth-order valence-corrected chi connectivity index (χ4v) is 1.80. The summed E-state index contributed by atoms with van der Waals surface area (Å²) in [6.07, 6.45) is 3.38. The van der Waals surface area contributed by atoms with Crippen molar-refractivity contribution < 1.29 is 8.78 Å². The molecule has 0 spiro atoms. The van der Waals surface area contributed by atoms with E-state index in [0.29, 0.717) is 11.1 Å². The van der Waals surface area contributed by atoms with Crippen molar-refractivity contribution in [2.24, 2.45) is 0 Å². The molecule has 0 fully saturated rings. The molecule has 0 amide bonds. The first-order valence-electron chi connectivity index (χ1n) is 6.25. The molecule has 1 aromatic carbocycles. The Morgan fingerprint density at radius 3 is 2.53 bits per heavy atom. The maximum absolute atomic E-state index is 13.6. The molecule has 0 aliphatic carbocycles. The minimum absolute atomic E-state index is 0.151. The van der Waals surface area contributed by atoms with Gasteiger partial charge >= 0.3 is 0 Å². The van der Waals surface area contributed by atoms with Gasteiger partial charge in [-0.25, -0.2) is 8.78 Å². The van der Waals surface area contributed by atoms with Crippen LogP contribution in [0.4, 0.5) is 8.78 Å². The SMILES string of the molecule is CCCCCNC(C)c1cc(F)c(C)cc1F. The van der Waals surface area contributed by atoms with Gasteiger partial charge in [0.25, 0.3) is 0 Å². The lowest BCUT2D eigenvalue weighted by Crippen LogP contribution is -2.21. The number of rotatable bonds is 6. The van der Waals surface area contributed by atoms with Gasteiger partial charge in [0.05, 0.1) is 0 Å². The molecule has 17 heavy (non-hydrogen) atoms. The van der Waals surface area contributed by atoms with E-state index in [1.165, 1.54) is 12.1 Å². The maximum atomic E-state index is 13.6. The second kappa shape index (κ2) is 6.70. The van der Waals surface area contributed by atoms with Gasteiger partial charge in [0.2, 0.25) is 0 Å². The number of halogens is 2. The quantitative estimate of drug-likeness (QED) is 0.739. The number of unbranched alkanes of at least 4 members (excludes halogenated alkanes) is 2. The smallest absolute Gasteiger partial charge is 0.128 e. The molecule has 0 aromatic heterocycles. The summed E-state index contributed by atoms with van der Waals surface area (Å²) in [7, 11) is 0. The van der Waals surface area contributed by atoms with Crippen LogP contribution in [-0.2, 0) is 0 Å². The van der Waals surface area contributed by atoms with E-state index in [2.05, 4.69) is 12.2 Å². The van der Waals surface area contributed by atoms with Gasteiger partial charge in [0.15, 0.2) is 0 Å². The molecular weight excluding hydrogens is 220 g/mol. The number of hydrogen-bond acceptors (Lipinski definition) is 1. The van der Waals surface area contributed by atoms with E-state index in [0.717, 1.165) is 25.8 Å². The van der Waals surface area contributed by atoms with Crippen molar-refractivity contribution in [3.63, 3.8) is 0 Å². The largest absolute Gasteiger partial charge is 0.310 e. The minimum atomic E-state index is -0.344. The first kappa shape index (κ1) is 14.1. The fourth-order valence-electron chi connectivity index (χ4n) is 1.80. The van der Waals surface area contributed by atoms with Gasteiger partial charge < -0.3 is 5.32 Å². The Morgan fingerprint density at radius 1 is 1.18 bits per heavy atom. The minimum Gasteiger partial charge on any atom is -0.310 e. The van der Waals surface area contributed by atoms with Crippen LogP contribution in [0.5, 0.6) is 0 Å². The van der Waals surface area contributed by atoms with E-state index >= 15 is 0 Å². The Labute approximate surface area is 102 Å². The predicted molar refractivity (Wildman–Crippen MR) is 67.0 cm³/mol. The summed E-state index contributed by atoms with van der Waals surface area (Å²) >= 11 is 0. The summed E-state index contributed by atoms with van der Waals surface area (Å²) in [6.45, 7) is 6.41. The zero-order valence-electron chi connectivity index (χ0n) is 10.8. The van der Waals surface area contributed by atoms with Crippen LogP contribution in [0.3, 0.4) is 0 Å². The van der Waals surface area contributed by atoms with Crippen molar-refractivity contribution in [2.75, 3.05) is 6.54 Å². The van der Waals surface area contributed by atoms with Crippen molar-refractivity contribution in [1.29, 1.82) is 0 Å². The van der Waals surface area contributed by atoms with E-state index in [-0.39, 0.29) is 17.7 Å². The van der Waals surface area contributed by atoms with Gasteiger partial charge in [-0.15, -0.1) is 0 Å². The number of aryl methyl sites for hydroxylation is 1. The van der Waals surface area contributed by atoms with Gasteiger partial charge in [-0.05, 0) is 44.5 Å². The summed E-state index contributed by atoms with van der Waals surface area (Å²) in [5.41, 5.74) is 0.758. The molecule has 1 nitrogen and oxygen atoms in total. The van der Waals surface area contributed by atoms with Crippen LogP contribution in [0.15, 0.2) is 12.1 Å². The molecular formula is C14H21F2N. The molecule has 1 N–H and O–H groups in total. The Balaban J connectivity index is 2.62. The highest BCUT2D eigenvalue weighted by molar-refractivity contribution is 5.27. The monoisotopic (exact) mass is 241 g/mol. The predicted octanol–water partition coefficient (Wildman–Crippen LogP) is 4.11. The molecule has 0 aliphatic rings. The summed E-state index contributed by atoms with van der Waals surface area (Å²) < 4.78 is 27.0. The van der Waals surface area contributed by atoms with Crippen molar-refractivity contribution in [1.82, 2.24) is 5.32 Å². The molecule has 0 bridgehead atoms. The Bertz CT molecular complexity index is 363. The normalized spacial score (nSPS) is 12.8. The molecule has 1 atom stereocenters. The van der Waals surface area contributed by atoms with E-state index < -0.39 is 0 Å². The van der Waals surface area contributed by atoms with Crippen LogP contribution >= 0.6 is 0 Å². The van der Waals surface area contributed by atoms with E-state index in [1.54, 1.807) is 6.92 Å². The first-order valence-corrected chi connectivity index (χ1v) is 6.25. The highest BCUT2D eigenvalue weighted by Gasteiger charge is 2.12. The summed E-state index contributed by atoms with van der Waals surface area (Å²) in [5, 5.41) is 3.21. The maximum Gasteiger partial charge on any atom is 0.128 e. The zero-order chi connectivity index (χ0) is 12.8. The molecule has 1 unspecified atom stereocenters. The molecule has 0 saturated heterocycles.